The lowest BCUT2D eigenvalue weighted by Gasteiger charge is -2.50. The van der Waals surface area contributed by atoms with Gasteiger partial charge in [-0.2, -0.15) is 0 Å². The normalized spacial score (nSPS) is 22.9. The Morgan fingerprint density at radius 1 is 0.980 bits per heavy atom. The molecule has 242 valence electrons. The van der Waals surface area contributed by atoms with Gasteiger partial charge in [-0.3, -0.25) is 4.79 Å². The first-order chi connectivity index (χ1) is 24.0. The zero-order valence-electron chi connectivity index (χ0n) is 27.2. The molecule has 4 aromatic heterocycles. The molecule has 0 spiro atoms. The molecule has 9 nitrogen and oxygen atoms in total. The van der Waals surface area contributed by atoms with E-state index in [1.165, 1.54) is 5.39 Å². The van der Waals surface area contributed by atoms with Crippen molar-refractivity contribution < 1.29 is 14.3 Å². The van der Waals surface area contributed by atoms with Gasteiger partial charge < -0.3 is 33.8 Å². The van der Waals surface area contributed by atoms with Gasteiger partial charge in [0.15, 0.2) is 10.9 Å². The van der Waals surface area contributed by atoms with Crippen molar-refractivity contribution in [3.05, 3.63) is 96.3 Å². The Morgan fingerprint density at radius 2 is 1.71 bits per heavy atom. The summed E-state index contributed by atoms with van der Waals surface area (Å²) >= 11 is 1.69. The average Bonchev–Trinajstić information content (AvgIpc) is 3.94. The predicted molar refractivity (Wildman–Crippen MR) is 194 cm³/mol. The van der Waals surface area contributed by atoms with Crippen LogP contribution >= 0.6 is 11.3 Å². The highest BCUT2D eigenvalue weighted by molar-refractivity contribution is 7.19. The molecule has 1 saturated heterocycles. The first-order valence-electron chi connectivity index (χ1n) is 16.7. The second-order valence-corrected chi connectivity index (χ2v) is 14.7. The Hall–Kier alpha value is -5.16. The number of hydrogen-bond acceptors (Lipinski definition) is 6. The van der Waals surface area contributed by atoms with Crippen LogP contribution in [-0.2, 0) is 21.7 Å². The molecule has 0 aliphatic carbocycles. The predicted octanol–water partition coefficient (Wildman–Crippen LogP) is 7.88. The van der Waals surface area contributed by atoms with Crippen LogP contribution in [0.1, 0.15) is 35.5 Å². The number of rotatable bonds is 4. The maximum absolute atomic E-state index is 13.7. The summed E-state index contributed by atoms with van der Waals surface area (Å²) in [6.07, 6.45) is 4.03. The summed E-state index contributed by atoms with van der Waals surface area (Å²) in [5.74, 6) is -0.0156. The molecule has 3 aliphatic heterocycles. The van der Waals surface area contributed by atoms with E-state index >= 15 is 0 Å². The highest BCUT2D eigenvalue weighted by atomic mass is 32.1. The molecule has 2 bridgehead atoms. The molecule has 1 fully saturated rings. The summed E-state index contributed by atoms with van der Waals surface area (Å²) in [4.78, 5) is 25.5. The monoisotopic (exact) mass is 664 g/mol. The smallest absolute Gasteiger partial charge is 0.252 e. The van der Waals surface area contributed by atoms with Crippen LogP contribution in [0.5, 0.6) is 0 Å². The van der Waals surface area contributed by atoms with Gasteiger partial charge in [0.2, 0.25) is 0 Å². The fourth-order valence-electron chi connectivity index (χ4n) is 9.36. The van der Waals surface area contributed by atoms with E-state index in [-0.39, 0.29) is 24.3 Å². The van der Waals surface area contributed by atoms with Crippen molar-refractivity contribution in [2.45, 2.75) is 44.0 Å². The molecular formula is C39H32N6O3S. The third kappa shape index (κ3) is 3.36. The number of benzene rings is 4. The molecule has 0 radical (unpaired) electrons. The minimum atomic E-state index is -0.897. The fourth-order valence-corrected chi connectivity index (χ4v) is 10.3. The number of amides is 1. The third-order valence-corrected chi connectivity index (χ3v) is 12.5. The van der Waals surface area contributed by atoms with Gasteiger partial charge in [0.05, 0.1) is 38.5 Å². The molecule has 3 aliphatic rings. The Bertz CT molecular complexity index is 2720. The summed E-state index contributed by atoms with van der Waals surface area (Å²) in [5.41, 5.74) is 7.47. The highest BCUT2D eigenvalue weighted by Crippen LogP contribution is 2.54. The molecule has 4 aromatic carbocycles. The van der Waals surface area contributed by atoms with E-state index < -0.39 is 5.72 Å². The van der Waals surface area contributed by atoms with Crippen molar-refractivity contribution in [2.75, 3.05) is 19.1 Å². The molecular weight excluding hydrogens is 633 g/mol. The number of nitrogens with zero attached hydrogens (tertiary/aromatic N) is 4. The zero-order valence-corrected chi connectivity index (χ0v) is 28.0. The van der Waals surface area contributed by atoms with Gasteiger partial charge in [0, 0.05) is 77.5 Å². The van der Waals surface area contributed by atoms with Crippen LogP contribution in [-0.4, -0.2) is 51.3 Å². The van der Waals surface area contributed by atoms with Crippen LogP contribution in [0.15, 0.2) is 85.2 Å². The largest absolute Gasteiger partial charge is 0.374 e. The number of aromatic amines is 1. The van der Waals surface area contributed by atoms with Crippen molar-refractivity contribution in [1.82, 2.24) is 24.4 Å². The zero-order chi connectivity index (χ0) is 32.8. The van der Waals surface area contributed by atoms with Gasteiger partial charge in [-0.05, 0) is 30.7 Å². The molecule has 7 heterocycles. The van der Waals surface area contributed by atoms with Crippen LogP contribution in [0.2, 0.25) is 0 Å². The number of fused-ring (bicyclic) bond motifs is 14. The Morgan fingerprint density at radius 3 is 2.53 bits per heavy atom. The Balaban J connectivity index is 1.17. The van der Waals surface area contributed by atoms with Crippen LogP contribution in [0.25, 0.3) is 65.0 Å². The third-order valence-electron chi connectivity index (χ3n) is 11.3. The summed E-state index contributed by atoms with van der Waals surface area (Å²) in [6.45, 7) is 2.67. The van der Waals surface area contributed by atoms with E-state index in [2.05, 4.69) is 117 Å². The number of carbonyl (C=O) groups is 1. The van der Waals surface area contributed by atoms with E-state index in [1.54, 1.807) is 18.4 Å². The van der Waals surface area contributed by atoms with Crippen LogP contribution in [0.3, 0.4) is 0 Å². The van der Waals surface area contributed by atoms with E-state index in [1.807, 2.05) is 6.20 Å². The van der Waals surface area contributed by atoms with Crippen molar-refractivity contribution in [3.63, 3.8) is 0 Å². The van der Waals surface area contributed by atoms with Gasteiger partial charge in [0.25, 0.3) is 5.91 Å². The summed E-state index contributed by atoms with van der Waals surface area (Å²) in [6, 6.07) is 25.2. The second kappa shape index (κ2) is 9.50. The minimum Gasteiger partial charge on any atom is -0.374 e. The number of carbonyl (C=O) groups excluding carboxylic acids is 1. The van der Waals surface area contributed by atoms with Crippen LogP contribution < -0.4 is 10.2 Å². The molecule has 10 heteroatoms. The van der Waals surface area contributed by atoms with Crippen molar-refractivity contribution in [1.29, 1.82) is 0 Å². The van der Waals surface area contributed by atoms with Crippen LogP contribution in [0.4, 0.5) is 5.13 Å². The topological polar surface area (TPSA) is 89.3 Å². The lowest BCUT2D eigenvalue weighted by Crippen LogP contribution is -2.60. The summed E-state index contributed by atoms with van der Waals surface area (Å²) < 4.78 is 18.7. The Kier molecular flexibility index (Phi) is 5.38. The number of anilines is 1. The molecule has 8 aromatic rings. The second-order valence-electron chi connectivity index (χ2n) is 13.7. The average molecular weight is 665 g/mol. The van der Waals surface area contributed by atoms with Gasteiger partial charge in [-0.25, -0.2) is 4.98 Å². The van der Waals surface area contributed by atoms with Crippen molar-refractivity contribution in [2.24, 2.45) is 0 Å². The van der Waals surface area contributed by atoms with Crippen LogP contribution in [0, 0.1) is 0 Å². The number of likely N-dealkylation sites (N-methyl/N-ethyl adjacent to an activating group) is 1. The van der Waals surface area contributed by atoms with Gasteiger partial charge in [-0.15, -0.1) is 0 Å². The van der Waals surface area contributed by atoms with E-state index in [0.717, 1.165) is 75.8 Å². The van der Waals surface area contributed by atoms with E-state index in [0.29, 0.717) is 13.0 Å². The van der Waals surface area contributed by atoms with E-state index in [4.69, 9.17) is 14.5 Å². The number of H-pyrrole nitrogens is 1. The first kappa shape index (κ1) is 27.8. The number of aromatic nitrogens is 4. The molecule has 4 atom stereocenters. The highest BCUT2D eigenvalue weighted by Gasteiger charge is 2.54. The summed E-state index contributed by atoms with van der Waals surface area (Å²) in [5, 5.41) is 9.57. The number of nitrogens with one attached hydrogen (secondary N) is 2. The maximum Gasteiger partial charge on any atom is 0.252 e. The number of methoxy groups -OCH3 is 1. The van der Waals surface area contributed by atoms with Crippen molar-refractivity contribution in [3.8, 4) is 10.4 Å². The number of ether oxygens (including phenoxy) is 2. The SMILES string of the molecule is CO[C@@H]1[C@H](N(C)c2ncc(-c3c[nH]c4ccccc34)s2)C[C@@H]2O[C@]1(C)n1c3ccccc3c3c4c(c5c6ccccc6n2c5c31)C(=O)NC4. The first-order valence-corrected chi connectivity index (χ1v) is 17.5. The quantitative estimate of drug-likeness (QED) is 0.200. The number of para-hydroxylation sites is 3. The fraction of sp³-hybridized carbons (Fsp3) is 0.231. The maximum atomic E-state index is 13.7. The molecule has 2 N–H and O–H groups in total. The van der Waals surface area contributed by atoms with Gasteiger partial charge >= 0.3 is 0 Å². The van der Waals surface area contributed by atoms with Crippen molar-refractivity contribution >= 4 is 76.9 Å². The van der Waals surface area contributed by atoms with Gasteiger partial charge in [0.1, 0.15) is 12.3 Å². The number of hydrogen-bond donors (Lipinski definition) is 2. The standard InChI is InChI=1S/C39H32N6O3S/c1-39-36(47-3)28(43(2)38-42-19-29(49-38)23-17-40-25-13-7-4-10-20(23)25)16-30(48-39)44-26-14-8-5-11-21(26)32-33-24(18-41-37(33)46)31-22-12-6-9-15-27(22)45(39)35(31)34(32)44/h4-15,17,19,28,30,36,40H,16,18H2,1-3H3,(H,41,46)/t28-,30+,36-,39+/m1/s1. The Labute approximate surface area is 284 Å². The number of thiazole rings is 1. The minimum absolute atomic E-state index is 0.0156. The molecule has 0 saturated carbocycles. The molecule has 49 heavy (non-hydrogen) atoms. The lowest BCUT2D eigenvalue weighted by molar-refractivity contribution is -0.253. The molecule has 1 amide bonds. The summed E-state index contributed by atoms with van der Waals surface area (Å²) in [7, 11) is 3.93. The molecule has 0 unspecified atom stereocenters. The lowest BCUT2D eigenvalue weighted by atomic mass is 9.92. The van der Waals surface area contributed by atoms with E-state index in [9.17, 15) is 4.79 Å². The van der Waals surface area contributed by atoms with Gasteiger partial charge in [-0.1, -0.05) is 65.9 Å². The molecule has 11 rings (SSSR count).